The normalized spacial score (nSPS) is 16.8. The van der Waals surface area contributed by atoms with Crippen molar-refractivity contribution in [2.45, 2.75) is 19.3 Å². The molecule has 0 bridgehead atoms. The van der Waals surface area contributed by atoms with Crippen LogP contribution < -0.4 is 10.6 Å². The van der Waals surface area contributed by atoms with Crippen molar-refractivity contribution in [1.82, 2.24) is 5.32 Å². The topological polar surface area (TPSA) is 41.1 Å². The summed E-state index contributed by atoms with van der Waals surface area (Å²) in [6, 6.07) is 1.02. The Morgan fingerprint density at radius 3 is 1.88 bits per heavy atom. The Morgan fingerprint density at radius 1 is 1.08 bits per heavy atom. The Kier molecular flexibility index (Phi) is 6.15. The second-order valence-corrected chi connectivity index (χ2v) is 5.49. The lowest BCUT2D eigenvalue weighted by atomic mass is 9.88. The highest BCUT2D eigenvalue weighted by Gasteiger charge is 2.37. The van der Waals surface area contributed by atoms with E-state index in [9.17, 15) is 31.1 Å². The van der Waals surface area contributed by atoms with E-state index < -0.39 is 41.0 Å². The number of benzene rings is 1. The molecule has 1 amide bonds. The molecule has 0 aromatic heterocycles. The van der Waals surface area contributed by atoms with Gasteiger partial charge in [-0.2, -0.15) is 26.3 Å². The molecule has 3 nitrogen and oxygen atoms in total. The van der Waals surface area contributed by atoms with Crippen molar-refractivity contribution < 1.29 is 31.1 Å². The fraction of sp³-hybridized carbons (Fsp3) is 0.500. The molecule has 0 radical (unpaired) electrons. The van der Waals surface area contributed by atoms with Crippen molar-refractivity contribution in [3.63, 3.8) is 0 Å². The third kappa shape index (κ3) is 4.76. The van der Waals surface area contributed by atoms with Gasteiger partial charge in [0.05, 0.1) is 11.1 Å². The Morgan fingerprint density at radius 2 is 1.54 bits per heavy atom. The molecule has 1 fully saturated rings. The van der Waals surface area contributed by atoms with Crippen LogP contribution in [0, 0.1) is 11.8 Å². The lowest BCUT2D eigenvalue weighted by molar-refractivity contribution is -0.143. The molecule has 2 N–H and O–H groups in total. The lowest BCUT2D eigenvalue weighted by Crippen LogP contribution is -2.48. The first-order valence-corrected chi connectivity index (χ1v) is 6.79. The molecule has 1 heterocycles. The highest BCUT2D eigenvalue weighted by Crippen LogP contribution is 2.37. The number of carbonyl (C=O) groups excluding carboxylic acids is 1. The average molecular weight is 377 g/mol. The van der Waals surface area contributed by atoms with Gasteiger partial charge in [-0.05, 0) is 37.2 Å². The zero-order valence-electron chi connectivity index (χ0n) is 12.4. The maximum absolute atomic E-state index is 12.7. The molecule has 1 saturated heterocycles. The number of nitrogens with one attached hydrogen (secondary N) is 2. The van der Waals surface area contributed by atoms with Crippen LogP contribution >= 0.6 is 12.4 Å². The SMILES string of the molecule is CC(C(=O)Nc1cc(C(F)(F)F)cc(C(F)(F)F)c1)C1CNC1.Cl. The Hall–Kier alpha value is -1.48. The van der Waals surface area contributed by atoms with E-state index in [1.807, 2.05) is 0 Å². The first-order valence-electron chi connectivity index (χ1n) is 6.79. The summed E-state index contributed by atoms with van der Waals surface area (Å²) in [5, 5.41) is 5.09. The van der Waals surface area contributed by atoms with E-state index in [0.717, 1.165) is 0 Å². The third-order valence-corrected chi connectivity index (χ3v) is 3.79. The van der Waals surface area contributed by atoms with Crippen LogP contribution in [0.1, 0.15) is 18.1 Å². The van der Waals surface area contributed by atoms with Crippen molar-refractivity contribution in [1.29, 1.82) is 0 Å². The first-order chi connectivity index (χ1) is 10.5. The summed E-state index contributed by atoms with van der Waals surface area (Å²) >= 11 is 0. The monoisotopic (exact) mass is 376 g/mol. The van der Waals surface area contributed by atoms with E-state index in [2.05, 4.69) is 10.6 Å². The molecular weight excluding hydrogens is 362 g/mol. The molecule has 136 valence electrons. The Bertz CT molecular complexity index is 566. The fourth-order valence-corrected chi connectivity index (χ4v) is 2.16. The molecule has 24 heavy (non-hydrogen) atoms. The molecule has 1 unspecified atom stereocenters. The van der Waals surface area contributed by atoms with Crippen LogP contribution in [0.2, 0.25) is 0 Å². The number of hydrogen-bond acceptors (Lipinski definition) is 2. The molecule has 1 aromatic carbocycles. The number of carbonyl (C=O) groups is 1. The minimum atomic E-state index is -4.94. The van der Waals surface area contributed by atoms with Gasteiger partial charge in [0.2, 0.25) is 5.91 Å². The van der Waals surface area contributed by atoms with Gasteiger partial charge in [0, 0.05) is 11.6 Å². The molecular formula is C14H15ClF6N2O. The zero-order chi connectivity index (χ0) is 17.4. The van der Waals surface area contributed by atoms with Crippen molar-refractivity contribution >= 4 is 24.0 Å². The van der Waals surface area contributed by atoms with Crippen LogP contribution in [0.4, 0.5) is 32.0 Å². The highest BCUT2D eigenvalue weighted by molar-refractivity contribution is 5.92. The molecule has 1 atom stereocenters. The van der Waals surface area contributed by atoms with E-state index in [4.69, 9.17) is 0 Å². The quantitative estimate of drug-likeness (QED) is 0.785. The minimum absolute atomic E-state index is 0. The van der Waals surface area contributed by atoms with Crippen molar-refractivity contribution in [2.24, 2.45) is 11.8 Å². The molecule has 1 aromatic rings. The van der Waals surface area contributed by atoms with Crippen molar-refractivity contribution in [3.05, 3.63) is 29.3 Å². The molecule has 1 aliphatic heterocycles. The van der Waals surface area contributed by atoms with Crippen molar-refractivity contribution in [3.8, 4) is 0 Å². The molecule has 0 spiro atoms. The zero-order valence-corrected chi connectivity index (χ0v) is 13.2. The van der Waals surface area contributed by atoms with Gasteiger partial charge in [0.25, 0.3) is 0 Å². The van der Waals surface area contributed by atoms with E-state index in [1.54, 1.807) is 6.92 Å². The van der Waals surface area contributed by atoms with Crippen LogP contribution in [0.15, 0.2) is 18.2 Å². The number of amides is 1. The highest BCUT2D eigenvalue weighted by atomic mass is 35.5. The smallest absolute Gasteiger partial charge is 0.326 e. The molecule has 0 aliphatic carbocycles. The minimum Gasteiger partial charge on any atom is -0.326 e. The molecule has 1 aliphatic rings. The number of halogens is 7. The summed E-state index contributed by atoms with van der Waals surface area (Å²) in [5.74, 6) is -1.10. The Balaban J connectivity index is 0.00000288. The third-order valence-electron chi connectivity index (χ3n) is 3.79. The summed E-state index contributed by atoms with van der Waals surface area (Å²) in [7, 11) is 0. The first kappa shape index (κ1) is 20.6. The summed E-state index contributed by atoms with van der Waals surface area (Å²) in [6.45, 7) is 2.76. The van der Waals surface area contributed by atoms with Crippen molar-refractivity contribution in [2.75, 3.05) is 18.4 Å². The van der Waals surface area contributed by atoms with Gasteiger partial charge in [-0.25, -0.2) is 0 Å². The van der Waals surface area contributed by atoms with E-state index in [-0.39, 0.29) is 24.4 Å². The maximum Gasteiger partial charge on any atom is 0.416 e. The summed E-state index contributed by atoms with van der Waals surface area (Å²) in [5.41, 5.74) is -3.43. The maximum atomic E-state index is 12.7. The van der Waals surface area contributed by atoms with E-state index in [1.165, 1.54) is 0 Å². The largest absolute Gasteiger partial charge is 0.416 e. The summed E-state index contributed by atoms with van der Waals surface area (Å²) < 4.78 is 76.4. The van der Waals surface area contributed by atoms with Crippen LogP contribution in [0.3, 0.4) is 0 Å². The van der Waals surface area contributed by atoms with Crippen LogP contribution in [-0.4, -0.2) is 19.0 Å². The predicted molar refractivity (Wildman–Crippen MR) is 77.8 cm³/mol. The van der Waals surface area contributed by atoms with E-state index in [0.29, 0.717) is 25.2 Å². The van der Waals surface area contributed by atoms with Gasteiger partial charge in [0.1, 0.15) is 0 Å². The second kappa shape index (κ2) is 7.18. The van der Waals surface area contributed by atoms with Gasteiger partial charge in [-0.1, -0.05) is 6.92 Å². The summed E-state index contributed by atoms with van der Waals surface area (Å²) in [6.07, 6.45) is -9.88. The molecule has 10 heteroatoms. The molecule has 2 rings (SSSR count). The standard InChI is InChI=1S/C14H14F6N2O.ClH/c1-7(8-5-21-6-8)12(23)22-11-3-9(13(15,16)17)2-10(4-11)14(18,19)20;/h2-4,7-8,21H,5-6H2,1H3,(H,22,23);1H. The van der Waals surface area contributed by atoms with E-state index >= 15 is 0 Å². The lowest BCUT2D eigenvalue weighted by Gasteiger charge is -2.31. The van der Waals surface area contributed by atoms with Gasteiger partial charge < -0.3 is 10.6 Å². The number of alkyl halides is 6. The van der Waals surface area contributed by atoms with Gasteiger partial charge in [0.15, 0.2) is 0 Å². The van der Waals surface area contributed by atoms with Gasteiger partial charge in [-0.15, -0.1) is 12.4 Å². The van der Waals surface area contributed by atoms with Gasteiger partial charge >= 0.3 is 12.4 Å². The average Bonchev–Trinajstić information content (AvgIpc) is 2.34. The van der Waals surface area contributed by atoms with Gasteiger partial charge in [-0.3, -0.25) is 4.79 Å². The van der Waals surface area contributed by atoms with Crippen LogP contribution in [0.25, 0.3) is 0 Å². The van der Waals surface area contributed by atoms with Crippen LogP contribution in [0.5, 0.6) is 0 Å². The predicted octanol–water partition coefficient (Wildman–Crippen LogP) is 3.94. The molecule has 0 saturated carbocycles. The second-order valence-electron chi connectivity index (χ2n) is 5.49. The fourth-order valence-electron chi connectivity index (χ4n) is 2.16. The number of anilines is 1. The van der Waals surface area contributed by atoms with Crippen LogP contribution in [-0.2, 0) is 17.1 Å². The summed E-state index contributed by atoms with van der Waals surface area (Å²) in [4.78, 5) is 12.0. The number of hydrogen-bond donors (Lipinski definition) is 2. The number of rotatable bonds is 3. The Labute approximate surface area is 140 Å².